The number of thioether (sulfide) groups is 1. The largest absolute Gasteiger partial charge is 0.457 e. The van der Waals surface area contributed by atoms with Crippen LogP contribution in [0.1, 0.15) is 6.92 Å². The van der Waals surface area contributed by atoms with E-state index in [1.807, 2.05) is 66.9 Å². The first-order valence-corrected chi connectivity index (χ1v) is 9.16. The van der Waals surface area contributed by atoms with Gasteiger partial charge in [-0.25, -0.2) is 4.98 Å². The van der Waals surface area contributed by atoms with E-state index in [2.05, 4.69) is 10.3 Å². The first kappa shape index (κ1) is 16.5. The van der Waals surface area contributed by atoms with E-state index in [1.54, 1.807) is 6.20 Å². The topological polar surface area (TPSA) is 51.2 Å². The third-order valence-electron chi connectivity index (χ3n) is 3.16. The summed E-state index contributed by atoms with van der Waals surface area (Å²) in [5, 5.41) is 4.60. The lowest BCUT2D eigenvalue weighted by Crippen LogP contribution is -2.22. The summed E-state index contributed by atoms with van der Waals surface area (Å²) >= 11 is 2.99. The number of aromatic nitrogens is 1. The van der Waals surface area contributed by atoms with Crippen molar-refractivity contribution in [1.29, 1.82) is 0 Å². The first-order valence-electron chi connectivity index (χ1n) is 7.41. The highest BCUT2D eigenvalue weighted by Gasteiger charge is 2.15. The van der Waals surface area contributed by atoms with Gasteiger partial charge in [-0.15, -0.1) is 11.3 Å². The third-order valence-corrected chi connectivity index (χ3v) is 5.17. The molecule has 1 aromatic heterocycles. The van der Waals surface area contributed by atoms with Crippen molar-refractivity contribution in [3.63, 3.8) is 0 Å². The molecule has 1 heterocycles. The molecule has 0 radical (unpaired) electrons. The fourth-order valence-corrected chi connectivity index (χ4v) is 3.72. The van der Waals surface area contributed by atoms with Gasteiger partial charge in [0.05, 0.1) is 5.25 Å². The maximum Gasteiger partial charge on any atom is 0.237 e. The minimum absolute atomic E-state index is 0.0491. The number of amides is 1. The standard InChI is InChI=1S/C18H16N2O2S2/c1-13(24-18-19-11-12-23-18)17(21)20-14-7-9-16(10-8-14)22-15-5-3-2-4-6-15/h2-13H,1H3,(H,20,21). The molecule has 0 spiro atoms. The Bertz CT molecular complexity index is 775. The Morgan fingerprint density at radius 3 is 2.50 bits per heavy atom. The van der Waals surface area contributed by atoms with Gasteiger partial charge in [0, 0.05) is 17.3 Å². The molecule has 0 aliphatic heterocycles. The Kier molecular flexibility index (Phi) is 5.51. The van der Waals surface area contributed by atoms with E-state index in [1.165, 1.54) is 23.1 Å². The minimum Gasteiger partial charge on any atom is -0.457 e. The summed E-state index contributed by atoms with van der Waals surface area (Å²) in [6.45, 7) is 1.87. The second kappa shape index (κ2) is 7.99. The summed E-state index contributed by atoms with van der Waals surface area (Å²) < 4.78 is 6.63. The van der Waals surface area contributed by atoms with Crippen molar-refractivity contribution in [3.05, 3.63) is 66.2 Å². The van der Waals surface area contributed by atoms with Crippen molar-refractivity contribution in [3.8, 4) is 11.5 Å². The highest BCUT2D eigenvalue weighted by atomic mass is 32.2. The Morgan fingerprint density at radius 2 is 1.83 bits per heavy atom. The second-order valence-electron chi connectivity index (χ2n) is 4.99. The van der Waals surface area contributed by atoms with Crippen molar-refractivity contribution < 1.29 is 9.53 Å². The zero-order chi connectivity index (χ0) is 16.8. The molecule has 0 bridgehead atoms. The van der Waals surface area contributed by atoms with Crippen LogP contribution in [0.2, 0.25) is 0 Å². The van der Waals surface area contributed by atoms with Crippen LogP contribution in [-0.2, 0) is 4.79 Å². The number of nitrogens with one attached hydrogen (secondary N) is 1. The number of carbonyl (C=O) groups excluding carboxylic acids is 1. The molecule has 0 aliphatic rings. The van der Waals surface area contributed by atoms with Gasteiger partial charge in [0.2, 0.25) is 5.91 Å². The van der Waals surface area contributed by atoms with Crippen LogP contribution in [0.5, 0.6) is 11.5 Å². The normalized spacial score (nSPS) is 11.7. The van der Waals surface area contributed by atoms with Gasteiger partial charge < -0.3 is 10.1 Å². The molecule has 1 N–H and O–H groups in total. The molecule has 1 amide bonds. The van der Waals surface area contributed by atoms with Crippen LogP contribution in [-0.4, -0.2) is 16.1 Å². The number of nitrogens with zero attached hydrogens (tertiary/aromatic N) is 1. The van der Waals surface area contributed by atoms with Gasteiger partial charge in [0.1, 0.15) is 11.5 Å². The summed E-state index contributed by atoms with van der Waals surface area (Å²) in [6.07, 6.45) is 1.74. The summed E-state index contributed by atoms with van der Waals surface area (Å²) in [7, 11) is 0. The van der Waals surface area contributed by atoms with Crippen LogP contribution in [0.15, 0.2) is 70.5 Å². The molecular formula is C18H16N2O2S2. The van der Waals surface area contributed by atoms with E-state index in [9.17, 15) is 4.79 Å². The number of hydrogen-bond acceptors (Lipinski definition) is 5. The van der Waals surface area contributed by atoms with Gasteiger partial charge >= 0.3 is 0 Å². The number of para-hydroxylation sites is 1. The molecule has 1 atom stereocenters. The van der Waals surface area contributed by atoms with Gasteiger partial charge in [-0.2, -0.15) is 0 Å². The molecule has 0 fully saturated rings. The molecule has 4 nitrogen and oxygen atoms in total. The molecule has 3 aromatic rings. The molecule has 1 unspecified atom stereocenters. The zero-order valence-electron chi connectivity index (χ0n) is 13.0. The fraction of sp³-hybridized carbons (Fsp3) is 0.111. The molecule has 0 aliphatic carbocycles. The fourth-order valence-electron chi connectivity index (χ4n) is 1.95. The highest BCUT2D eigenvalue weighted by molar-refractivity contribution is 8.02. The van der Waals surface area contributed by atoms with Crippen LogP contribution < -0.4 is 10.1 Å². The number of anilines is 1. The highest BCUT2D eigenvalue weighted by Crippen LogP contribution is 2.26. The van der Waals surface area contributed by atoms with E-state index < -0.39 is 0 Å². The van der Waals surface area contributed by atoms with Crippen molar-refractivity contribution in [2.45, 2.75) is 16.5 Å². The lowest BCUT2D eigenvalue weighted by Gasteiger charge is -2.11. The van der Waals surface area contributed by atoms with E-state index in [0.29, 0.717) is 0 Å². The molecule has 3 rings (SSSR count). The molecule has 0 saturated heterocycles. The molecule has 2 aromatic carbocycles. The average molecular weight is 356 g/mol. The molecule has 122 valence electrons. The third kappa shape index (κ3) is 4.59. The van der Waals surface area contributed by atoms with Crippen LogP contribution in [0, 0.1) is 0 Å². The SMILES string of the molecule is CC(Sc1nccs1)C(=O)Nc1ccc(Oc2ccccc2)cc1. The summed E-state index contributed by atoms with van der Waals surface area (Å²) in [4.78, 5) is 16.4. The maximum absolute atomic E-state index is 12.2. The Balaban J connectivity index is 1.56. The van der Waals surface area contributed by atoms with Gasteiger partial charge in [-0.3, -0.25) is 4.79 Å². The van der Waals surface area contributed by atoms with Crippen LogP contribution in [0.4, 0.5) is 5.69 Å². The summed E-state index contributed by atoms with van der Waals surface area (Å²) in [5.41, 5.74) is 0.743. The van der Waals surface area contributed by atoms with Crippen LogP contribution in [0.25, 0.3) is 0 Å². The zero-order valence-corrected chi connectivity index (χ0v) is 14.6. The van der Waals surface area contributed by atoms with Gasteiger partial charge in [0.25, 0.3) is 0 Å². The van der Waals surface area contributed by atoms with Crippen molar-refractivity contribution in [2.24, 2.45) is 0 Å². The number of hydrogen-bond donors (Lipinski definition) is 1. The Hall–Kier alpha value is -2.31. The minimum atomic E-state index is -0.212. The van der Waals surface area contributed by atoms with E-state index >= 15 is 0 Å². The molecular weight excluding hydrogens is 340 g/mol. The maximum atomic E-state index is 12.2. The van der Waals surface area contributed by atoms with Gasteiger partial charge in [-0.1, -0.05) is 30.0 Å². The van der Waals surface area contributed by atoms with Crippen molar-refractivity contribution in [1.82, 2.24) is 4.98 Å². The van der Waals surface area contributed by atoms with Crippen LogP contribution in [0.3, 0.4) is 0 Å². The van der Waals surface area contributed by atoms with Crippen molar-refractivity contribution >= 4 is 34.7 Å². The molecule has 6 heteroatoms. The van der Waals surface area contributed by atoms with E-state index in [4.69, 9.17) is 4.74 Å². The van der Waals surface area contributed by atoms with Gasteiger partial charge in [-0.05, 0) is 43.3 Å². The quantitative estimate of drug-likeness (QED) is 0.628. The number of thiazole rings is 1. The second-order valence-corrected chi connectivity index (χ2v) is 7.47. The first-order chi connectivity index (χ1) is 11.7. The summed E-state index contributed by atoms with van der Waals surface area (Å²) in [5.74, 6) is 1.46. The lowest BCUT2D eigenvalue weighted by molar-refractivity contribution is -0.115. The average Bonchev–Trinajstić information content (AvgIpc) is 3.10. The molecule has 0 saturated carbocycles. The van der Waals surface area contributed by atoms with Crippen molar-refractivity contribution in [2.75, 3.05) is 5.32 Å². The predicted octanol–water partition coefficient (Wildman–Crippen LogP) is 5.05. The molecule has 24 heavy (non-hydrogen) atoms. The van der Waals surface area contributed by atoms with Crippen LogP contribution >= 0.6 is 23.1 Å². The van der Waals surface area contributed by atoms with E-state index in [-0.39, 0.29) is 11.2 Å². The van der Waals surface area contributed by atoms with Gasteiger partial charge in [0.15, 0.2) is 4.34 Å². The number of carbonyl (C=O) groups is 1. The number of rotatable bonds is 6. The Labute approximate surface area is 148 Å². The number of ether oxygens (including phenoxy) is 1. The monoisotopic (exact) mass is 356 g/mol. The number of benzene rings is 2. The lowest BCUT2D eigenvalue weighted by atomic mass is 10.3. The predicted molar refractivity (Wildman–Crippen MR) is 99.0 cm³/mol. The summed E-state index contributed by atoms with van der Waals surface area (Å²) in [6, 6.07) is 16.9. The Morgan fingerprint density at radius 1 is 1.12 bits per heavy atom. The smallest absolute Gasteiger partial charge is 0.237 e. The van der Waals surface area contributed by atoms with E-state index in [0.717, 1.165) is 21.5 Å².